The van der Waals surface area contributed by atoms with Crippen LogP contribution in [0.2, 0.25) is 0 Å². The van der Waals surface area contributed by atoms with E-state index in [2.05, 4.69) is 0 Å². The molecule has 6 heteroatoms. The van der Waals surface area contributed by atoms with Crippen molar-refractivity contribution in [1.82, 2.24) is 4.90 Å². The third kappa shape index (κ3) is 3.19. The quantitative estimate of drug-likeness (QED) is 0.916. The lowest BCUT2D eigenvalue weighted by atomic mass is 10.1. The molecule has 1 fully saturated rings. The predicted octanol–water partition coefficient (Wildman–Crippen LogP) is 1.37. The van der Waals surface area contributed by atoms with Crippen molar-refractivity contribution in [2.45, 2.75) is 31.2 Å². The lowest BCUT2D eigenvalue weighted by Gasteiger charge is -2.38. The predicted molar refractivity (Wildman–Crippen MR) is 75.6 cm³/mol. The van der Waals surface area contributed by atoms with Gasteiger partial charge >= 0.3 is 0 Å². The number of benzene rings is 1. The Balaban J connectivity index is 2.05. The molecule has 0 aromatic heterocycles. The maximum Gasteiger partial charge on any atom is 0.155 e. The molecule has 20 heavy (non-hydrogen) atoms. The second-order valence-electron chi connectivity index (χ2n) is 5.37. The normalized spacial score (nSPS) is 28.2. The van der Waals surface area contributed by atoms with Crippen LogP contribution in [-0.2, 0) is 9.84 Å². The molecule has 0 bridgehead atoms. The fourth-order valence-corrected chi connectivity index (χ4v) is 4.13. The molecule has 1 heterocycles. The van der Waals surface area contributed by atoms with E-state index in [1.54, 1.807) is 19.1 Å². The number of halogens is 1. The molecular weight excluding hydrogens is 281 g/mol. The molecule has 1 aliphatic rings. The minimum Gasteiger partial charge on any atom is -0.387 e. The third-order valence-corrected chi connectivity index (χ3v) is 6.43. The Hall–Kier alpha value is -0.980. The molecule has 1 saturated heterocycles. The van der Waals surface area contributed by atoms with Gasteiger partial charge in [-0.3, -0.25) is 4.90 Å². The minimum atomic E-state index is -3.02. The summed E-state index contributed by atoms with van der Waals surface area (Å²) in [6.07, 6.45) is -0.744. The largest absolute Gasteiger partial charge is 0.387 e. The Morgan fingerprint density at radius 3 is 2.55 bits per heavy atom. The molecular formula is C14H20FNO3S. The van der Waals surface area contributed by atoms with Crippen LogP contribution in [0.4, 0.5) is 4.39 Å². The number of rotatable bonds is 3. The standard InChI is InChI=1S/C14H20FNO3S/c1-10-11(2)20(18,19)8-7-16(10)9-14(17)12-3-5-13(15)6-4-12/h3-6,10-11,14,17H,7-9H2,1-2H3. The Kier molecular flexibility index (Phi) is 4.46. The van der Waals surface area contributed by atoms with Gasteiger partial charge in [0, 0.05) is 19.1 Å². The topological polar surface area (TPSA) is 57.6 Å². The van der Waals surface area contributed by atoms with Gasteiger partial charge in [0.1, 0.15) is 5.82 Å². The van der Waals surface area contributed by atoms with Crippen LogP contribution >= 0.6 is 0 Å². The van der Waals surface area contributed by atoms with Crippen LogP contribution < -0.4 is 0 Å². The van der Waals surface area contributed by atoms with Crippen LogP contribution in [0.5, 0.6) is 0 Å². The van der Waals surface area contributed by atoms with Gasteiger partial charge in [-0.2, -0.15) is 0 Å². The van der Waals surface area contributed by atoms with E-state index >= 15 is 0 Å². The summed E-state index contributed by atoms with van der Waals surface area (Å²) in [5.41, 5.74) is 0.639. The van der Waals surface area contributed by atoms with Gasteiger partial charge in [0.2, 0.25) is 0 Å². The van der Waals surface area contributed by atoms with E-state index in [1.807, 2.05) is 11.8 Å². The fraction of sp³-hybridized carbons (Fsp3) is 0.571. The Labute approximate surface area is 119 Å². The summed E-state index contributed by atoms with van der Waals surface area (Å²) in [6.45, 7) is 4.34. The van der Waals surface area contributed by atoms with Crippen molar-refractivity contribution in [2.24, 2.45) is 0 Å². The average molecular weight is 301 g/mol. The SMILES string of the molecule is CC1C(C)S(=O)(=O)CCN1CC(O)c1ccc(F)cc1. The Morgan fingerprint density at radius 2 is 1.95 bits per heavy atom. The highest BCUT2D eigenvalue weighted by Gasteiger charge is 2.36. The fourth-order valence-electron chi connectivity index (χ4n) is 2.50. The van der Waals surface area contributed by atoms with E-state index in [-0.39, 0.29) is 17.6 Å². The first-order valence-electron chi connectivity index (χ1n) is 6.70. The molecule has 0 radical (unpaired) electrons. The second-order valence-corrected chi connectivity index (χ2v) is 7.85. The van der Waals surface area contributed by atoms with Gasteiger partial charge in [-0.05, 0) is 31.5 Å². The summed E-state index contributed by atoms with van der Waals surface area (Å²) in [7, 11) is -3.02. The van der Waals surface area contributed by atoms with E-state index in [9.17, 15) is 17.9 Å². The van der Waals surface area contributed by atoms with Gasteiger partial charge in [0.05, 0.1) is 17.1 Å². The summed E-state index contributed by atoms with van der Waals surface area (Å²) in [5.74, 6) is -0.221. The number of hydrogen-bond acceptors (Lipinski definition) is 4. The maximum atomic E-state index is 12.8. The highest BCUT2D eigenvalue weighted by atomic mass is 32.2. The average Bonchev–Trinajstić information content (AvgIpc) is 2.40. The van der Waals surface area contributed by atoms with Crippen molar-refractivity contribution in [3.63, 3.8) is 0 Å². The minimum absolute atomic E-state index is 0.120. The molecule has 112 valence electrons. The molecule has 0 amide bonds. The smallest absolute Gasteiger partial charge is 0.155 e. The van der Waals surface area contributed by atoms with Crippen LogP contribution in [0.15, 0.2) is 24.3 Å². The Morgan fingerprint density at radius 1 is 1.35 bits per heavy atom. The van der Waals surface area contributed by atoms with Crippen LogP contribution in [0, 0.1) is 5.82 Å². The molecule has 3 atom stereocenters. The summed E-state index contributed by atoms with van der Waals surface area (Å²) >= 11 is 0. The first-order chi connectivity index (χ1) is 9.31. The zero-order chi connectivity index (χ0) is 14.9. The molecule has 3 unspecified atom stereocenters. The van der Waals surface area contributed by atoms with Gasteiger partial charge < -0.3 is 5.11 Å². The van der Waals surface area contributed by atoms with E-state index in [0.29, 0.717) is 18.7 Å². The van der Waals surface area contributed by atoms with Gasteiger partial charge in [-0.25, -0.2) is 12.8 Å². The van der Waals surface area contributed by atoms with Crippen molar-refractivity contribution in [1.29, 1.82) is 0 Å². The van der Waals surface area contributed by atoms with Gasteiger partial charge in [-0.1, -0.05) is 12.1 Å². The maximum absolute atomic E-state index is 12.8. The molecule has 2 rings (SSSR count). The van der Waals surface area contributed by atoms with Gasteiger partial charge in [-0.15, -0.1) is 0 Å². The monoisotopic (exact) mass is 301 g/mol. The number of nitrogens with zero attached hydrogens (tertiary/aromatic N) is 1. The van der Waals surface area contributed by atoms with E-state index in [1.165, 1.54) is 12.1 Å². The first kappa shape index (κ1) is 15.4. The van der Waals surface area contributed by atoms with E-state index in [4.69, 9.17) is 0 Å². The summed E-state index contributed by atoms with van der Waals surface area (Å²) in [6, 6.07) is 5.59. The Bertz CT molecular complexity index is 558. The summed E-state index contributed by atoms with van der Waals surface area (Å²) in [5, 5.41) is 9.75. The lowest BCUT2D eigenvalue weighted by molar-refractivity contribution is 0.0909. The number of aliphatic hydroxyl groups excluding tert-OH is 1. The zero-order valence-electron chi connectivity index (χ0n) is 11.7. The zero-order valence-corrected chi connectivity index (χ0v) is 12.5. The van der Waals surface area contributed by atoms with Gasteiger partial charge in [0.15, 0.2) is 9.84 Å². The summed E-state index contributed by atoms with van der Waals surface area (Å²) in [4.78, 5) is 1.97. The number of hydrogen-bond donors (Lipinski definition) is 1. The van der Waals surface area contributed by atoms with Crippen LogP contribution in [0.1, 0.15) is 25.5 Å². The van der Waals surface area contributed by atoms with E-state index in [0.717, 1.165) is 0 Å². The molecule has 4 nitrogen and oxygen atoms in total. The molecule has 1 aromatic rings. The van der Waals surface area contributed by atoms with E-state index < -0.39 is 21.2 Å². The van der Waals surface area contributed by atoms with Crippen molar-refractivity contribution in [2.75, 3.05) is 18.8 Å². The van der Waals surface area contributed by atoms with Crippen LogP contribution in [0.25, 0.3) is 0 Å². The first-order valence-corrected chi connectivity index (χ1v) is 8.42. The van der Waals surface area contributed by atoms with Crippen molar-refractivity contribution >= 4 is 9.84 Å². The summed E-state index contributed by atoms with van der Waals surface area (Å²) < 4.78 is 36.4. The third-order valence-electron chi connectivity index (χ3n) is 4.15. The molecule has 0 aliphatic carbocycles. The molecule has 1 aromatic carbocycles. The molecule has 0 spiro atoms. The molecule has 0 saturated carbocycles. The van der Waals surface area contributed by atoms with Crippen molar-refractivity contribution in [3.8, 4) is 0 Å². The highest BCUT2D eigenvalue weighted by molar-refractivity contribution is 7.92. The van der Waals surface area contributed by atoms with Crippen LogP contribution in [-0.4, -0.2) is 48.6 Å². The second kappa shape index (κ2) is 5.79. The van der Waals surface area contributed by atoms with Crippen molar-refractivity contribution in [3.05, 3.63) is 35.6 Å². The highest BCUT2D eigenvalue weighted by Crippen LogP contribution is 2.23. The molecule has 1 N–H and O–H groups in total. The van der Waals surface area contributed by atoms with Crippen molar-refractivity contribution < 1.29 is 17.9 Å². The van der Waals surface area contributed by atoms with Crippen LogP contribution in [0.3, 0.4) is 0 Å². The number of aliphatic hydroxyl groups is 1. The van der Waals surface area contributed by atoms with Gasteiger partial charge in [0.25, 0.3) is 0 Å². The molecule has 1 aliphatic heterocycles. The lowest BCUT2D eigenvalue weighted by Crippen LogP contribution is -2.53. The number of β-amino-alcohol motifs (C(OH)–C–C–N with tert-alkyl or cyclic N) is 1. The number of sulfone groups is 1.